The van der Waals surface area contributed by atoms with Crippen LogP contribution >= 0.6 is 27.5 Å². The Morgan fingerprint density at radius 1 is 1.24 bits per heavy atom. The number of hydrogen-bond donors (Lipinski definition) is 0. The molecule has 2 rings (SSSR count). The molecule has 0 unspecified atom stereocenters. The zero-order valence-electron chi connectivity index (χ0n) is 9.33. The molecule has 0 N–H and O–H groups in total. The SMILES string of the molecule is ClCc1cccc2nc(OCCCBr)ccc12. The summed E-state index contributed by atoms with van der Waals surface area (Å²) >= 11 is 9.25. The maximum Gasteiger partial charge on any atom is 0.213 e. The monoisotopic (exact) mass is 313 g/mol. The smallest absolute Gasteiger partial charge is 0.213 e. The van der Waals surface area contributed by atoms with Crippen LogP contribution in [0.2, 0.25) is 0 Å². The van der Waals surface area contributed by atoms with Gasteiger partial charge in [0, 0.05) is 22.7 Å². The average Bonchev–Trinajstić information content (AvgIpc) is 2.38. The van der Waals surface area contributed by atoms with Crippen molar-refractivity contribution in [2.24, 2.45) is 0 Å². The number of aromatic nitrogens is 1. The van der Waals surface area contributed by atoms with Gasteiger partial charge in [-0.1, -0.05) is 28.1 Å². The van der Waals surface area contributed by atoms with Gasteiger partial charge in [0.1, 0.15) is 0 Å². The number of nitrogens with zero attached hydrogens (tertiary/aromatic N) is 1. The lowest BCUT2D eigenvalue weighted by Gasteiger charge is -2.07. The summed E-state index contributed by atoms with van der Waals surface area (Å²) in [4.78, 5) is 4.46. The summed E-state index contributed by atoms with van der Waals surface area (Å²) in [5.41, 5.74) is 2.03. The molecule has 0 spiro atoms. The summed E-state index contributed by atoms with van der Waals surface area (Å²) < 4.78 is 5.55. The third-order valence-corrected chi connectivity index (χ3v) is 3.32. The molecule has 0 saturated carbocycles. The van der Waals surface area contributed by atoms with E-state index in [0.717, 1.165) is 28.2 Å². The first-order valence-corrected chi connectivity index (χ1v) is 7.14. The first kappa shape index (κ1) is 12.7. The van der Waals surface area contributed by atoms with Crippen LogP contribution in [0.4, 0.5) is 0 Å². The van der Waals surface area contributed by atoms with E-state index in [1.54, 1.807) is 0 Å². The van der Waals surface area contributed by atoms with Gasteiger partial charge in [-0.3, -0.25) is 0 Å². The maximum atomic E-state index is 5.88. The van der Waals surface area contributed by atoms with Crippen LogP contribution in [0.1, 0.15) is 12.0 Å². The summed E-state index contributed by atoms with van der Waals surface area (Å²) in [7, 11) is 0. The van der Waals surface area contributed by atoms with Gasteiger partial charge in [0.05, 0.1) is 12.1 Å². The van der Waals surface area contributed by atoms with E-state index in [4.69, 9.17) is 16.3 Å². The molecule has 1 heterocycles. The summed E-state index contributed by atoms with van der Waals surface area (Å²) in [5.74, 6) is 1.17. The van der Waals surface area contributed by atoms with Crippen molar-refractivity contribution in [2.75, 3.05) is 11.9 Å². The molecule has 2 aromatic rings. The topological polar surface area (TPSA) is 22.1 Å². The van der Waals surface area contributed by atoms with Crippen LogP contribution in [0, 0.1) is 0 Å². The van der Waals surface area contributed by atoms with Crippen molar-refractivity contribution < 1.29 is 4.74 Å². The average molecular weight is 315 g/mol. The molecule has 0 bridgehead atoms. The van der Waals surface area contributed by atoms with Crippen molar-refractivity contribution >= 4 is 38.4 Å². The lowest BCUT2D eigenvalue weighted by molar-refractivity contribution is 0.308. The van der Waals surface area contributed by atoms with Crippen LogP contribution < -0.4 is 4.74 Å². The standard InChI is InChI=1S/C13H13BrClNO/c14-7-2-8-17-13-6-5-11-10(9-15)3-1-4-12(11)16-13/h1,3-6H,2,7-9H2. The molecule has 4 heteroatoms. The fourth-order valence-electron chi connectivity index (χ4n) is 1.63. The van der Waals surface area contributed by atoms with E-state index >= 15 is 0 Å². The molecule has 0 aliphatic heterocycles. The lowest BCUT2D eigenvalue weighted by atomic mass is 10.1. The summed E-state index contributed by atoms with van der Waals surface area (Å²) in [6, 6.07) is 9.87. The van der Waals surface area contributed by atoms with Gasteiger partial charge in [-0.2, -0.15) is 0 Å². The highest BCUT2D eigenvalue weighted by Crippen LogP contribution is 2.21. The fraction of sp³-hybridized carbons (Fsp3) is 0.308. The van der Waals surface area contributed by atoms with E-state index in [1.165, 1.54) is 0 Å². The van der Waals surface area contributed by atoms with E-state index in [1.807, 2.05) is 30.3 Å². The molecule has 0 atom stereocenters. The molecule has 0 aliphatic carbocycles. The van der Waals surface area contributed by atoms with Crippen LogP contribution in [0.25, 0.3) is 10.9 Å². The third-order valence-electron chi connectivity index (χ3n) is 2.47. The molecule has 90 valence electrons. The van der Waals surface area contributed by atoms with E-state index in [9.17, 15) is 0 Å². The molecule has 0 saturated heterocycles. The Morgan fingerprint density at radius 3 is 2.88 bits per heavy atom. The second kappa shape index (κ2) is 6.22. The molecular weight excluding hydrogens is 302 g/mol. The highest BCUT2D eigenvalue weighted by atomic mass is 79.9. The van der Waals surface area contributed by atoms with Gasteiger partial charge in [0.15, 0.2) is 0 Å². The molecule has 0 aliphatic rings. The number of halogens is 2. The number of hydrogen-bond acceptors (Lipinski definition) is 2. The highest BCUT2D eigenvalue weighted by molar-refractivity contribution is 9.09. The molecule has 17 heavy (non-hydrogen) atoms. The Balaban J connectivity index is 2.25. The Morgan fingerprint density at radius 2 is 2.12 bits per heavy atom. The minimum atomic E-state index is 0.503. The van der Waals surface area contributed by atoms with E-state index in [-0.39, 0.29) is 0 Å². The van der Waals surface area contributed by atoms with Crippen molar-refractivity contribution in [1.29, 1.82) is 0 Å². The number of pyridine rings is 1. The number of benzene rings is 1. The van der Waals surface area contributed by atoms with Crippen LogP contribution in [0.15, 0.2) is 30.3 Å². The molecular formula is C13H13BrClNO. The Kier molecular flexibility index (Phi) is 4.63. The van der Waals surface area contributed by atoms with Crippen molar-refractivity contribution in [3.05, 3.63) is 35.9 Å². The van der Waals surface area contributed by atoms with Crippen LogP contribution in [-0.4, -0.2) is 16.9 Å². The Hall–Kier alpha value is -0.800. The second-order valence-electron chi connectivity index (χ2n) is 3.66. The summed E-state index contributed by atoms with van der Waals surface area (Å²) in [5, 5.41) is 2.03. The second-order valence-corrected chi connectivity index (χ2v) is 4.72. The van der Waals surface area contributed by atoms with Crippen LogP contribution in [0.5, 0.6) is 5.88 Å². The molecule has 2 nitrogen and oxygen atoms in total. The number of alkyl halides is 2. The van der Waals surface area contributed by atoms with Gasteiger partial charge in [0.25, 0.3) is 0 Å². The van der Waals surface area contributed by atoms with E-state index in [0.29, 0.717) is 18.4 Å². The molecule has 1 aromatic heterocycles. The number of ether oxygens (including phenoxy) is 1. The van der Waals surface area contributed by atoms with Gasteiger partial charge < -0.3 is 4.74 Å². The number of fused-ring (bicyclic) bond motifs is 1. The molecule has 0 amide bonds. The zero-order valence-corrected chi connectivity index (χ0v) is 11.7. The fourth-order valence-corrected chi connectivity index (χ4v) is 2.09. The number of rotatable bonds is 5. The quantitative estimate of drug-likeness (QED) is 0.611. The van der Waals surface area contributed by atoms with E-state index < -0.39 is 0 Å². The van der Waals surface area contributed by atoms with Gasteiger partial charge in [-0.05, 0) is 24.1 Å². The van der Waals surface area contributed by atoms with Gasteiger partial charge in [-0.25, -0.2) is 4.98 Å². The van der Waals surface area contributed by atoms with Gasteiger partial charge >= 0.3 is 0 Å². The lowest BCUT2D eigenvalue weighted by Crippen LogP contribution is -1.99. The largest absolute Gasteiger partial charge is 0.478 e. The normalized spacial score (nSPS) is 10.7. The first-order valence-electron chi connectivity index (χ1n) is 5.48. The predicted molar refractivity (Wildman–Crippen MR) is 75.2 cm³/mol. The first-order chi connectivity index (χ1) is 8.35. The zero-order chi connectivity index (χ0) is 12.1. The van der Waals surface area contributed by atoms with E-state index in [2.05, 4.69) is 20.9 Å². The van der Waals surface area contributed by atoms with Crippen molar-refractivity contribution in [1.82, 2.24) is 4.98 Å². The van der Waals surface area contributed by atoms with Crippen LogP contribution in [0.3, 0.4) is 0 Å². The minimum Gasteiger partial charge on any atom is -0.478 e. The Bertz CT molecular complexity index is 504. The Labute approximate surface area is 114 Å². The van der Waals surface area contributed by atoms with Crippen molar-refractivity contribution in [3.8, 4) is 5.88 Å². The maximum absolute atomic E-state index is 5.88. The van der Waals surface area contributed by atoms with Crippen molar-refractivity contribution in [3.63, 3.8) is 0 Å². The van der Waals surface area contributed by atoms with Gasteiger partial charge in [-0.15, -0.1) is 11.6 Å². The van der Waals surface area contributed by atoms with Crippen LogP contribution in [-0.2, 0) is 5.88 Å². The summed E-state index contributed by atoms with van der Waals surface area (Å²) in [6.07, 6.45) is 0.974. The molecule has 0 radical (unpaired) electrons. The highest BCUT2D eigenvalue weighted by Gasteiger charge is 2.02. The molecule has 1 aromatic carbocycles. The third kappa shape index (κ3) is 3.11. The van der Waals surface area contributed by atoms with Gasteiger partial charge in [0.2, 0.25) is 5.88 Å². The predicted octanol–water partition coefficient (Wildman–Crippen LogP) is 4.14. The molecule has 0 fully saturated rings. The van der Waals surface area contributed by atoms with Crippen molar-refractivity contribution in [2.45, 2.75) is 12.3 Å². The summed E-state index contributed by atoms with van der Waals surface area (Å²) in [6.45, 7) is 0.680. The minimum absolute atomic E-state index is 0.503.